The van der Waals surface area contributed by atoms with Crippen LogP contribution in [0.4, 0.5) is 0 Å². The van der Waals surface area contributed by atoms with Gasteiger partial charge >= 0.3 is 0 Å². The lowest BCUT2D eigenvalue weighted by atomic mass is 10.2. The van der Waals surface area contributed by atoms with Crippen LogP contribution in [0.3, 0.4) is 0 Å². The van der Waals surface area contributed by atoms with E-state index in [4.69, 9.17) is 4.74 Å². The molecule has 0 unspecified atom stereocenters. The summed E-state index contributed by atoms with van der Waals surface area (Å²) in [5.74, 6) is 0.483. The normalized spacial score (nSPS) is 11.7. The molecule has 10 heteroatoms. The third-order valence-electron chi connectivity index (χ3n) is 4.35. The van der Waals surface area contributed by atoms with E-state index in [1.165, 1.54) is 52.9 Å². The number of aryl methyl sites for hydroxylation is 1. The van der Waals surface area contributed by atoms with E-state index in [2.05, 4.69) is 15.1 Å². The molecule has 29 heavy (non-hydrogen) atoms. The van der Waals surface area contributed by atoms with Crippen molar-refractivity contribution in [3.05, 3.63) is 69.0 Å². The summed E-state index contributed by atoms with van der Waals surface area (Å²) >= 11 is 1.27. The average Bonchev–Trinajstić information content (AvgIpc) is 3.17. The van der Waals surface area contributed by atoms with Gasteiger partial charge in [-0.25, -0.2) is 23.1 Å². The quantitative estimate of drug-likeness (QED) is 0.481. The monoisotopic (exact) mass is 428 g/mol. The Morgan fingerprint density at radius 1 is 1.17 bits per heavy atom. The molecule has 0 bridgehead atoms. The number of pyridine rings is 1. The van der Waals surface area contributed by atoms with E-state index in [9.17, 15) is 13.2 Å². The van der Waals surface area contributed by atoms with Crippen LogP contribution in [0.25, 0.3) is 10.8 Å². The van der Waals surface area contributed by atoms with Crippen molar-refractivity contribution in [3.8, 4) is 5.88 Å². The van der Waals surface area contributed by atoms with Crippen LogP contribution in [0, 0.1) is 6.92 Å². The molecule has 148 valence electrons. The minimum Gasteiger partial charge on any atom is -0.481 e. The molecule has 0 fully saturated rings. The summed E-state index contributed by atoms with van der Waals surface area (Å²) < 4.78 is 31.9. The van der Waals surface area contributed by atoms with Gasteiger partial charge in [0.15, 0.2) is 5.03 Å². The highest BCUT2D eigenvalue weighted by Crippen LogP contribution is 2.24. The van der Waals surface area contributed by atoms with E-state index in [1.54, 1.807) is 25.3 Å². The first-order valence-electron chi connectivity index (χ1n) is 8.54. The van der Waals surface area contributed by atoms with Crippen molar-refractivity contribution < 1.29 is 13.2 Å². The summed E-state index contributed by atoms with van der Waals surface area (Å²) in [7, 11) is -2.22. The average molecular weight is 428 g/mol. The molecular weight excluding hydrogens is 412 g/mol. The van der Waals surface area contributed by atoms with Crippen molar-refractivity contribution in [2.75, 3.05) is 7.11 Å². The minimum atomic E-state index is -3.75. The molecule has 8 nitrogen and oxygen atoms in total. The van der Waals surface area contributed by atoms with E-state index in [1.807, 2.05) is 0 Å². The first-order chi connectivity index (χ1) is 13.9. The van der Waals surface area contributed by atoms with Gasteiger partial charge in [-0.15, -0.1) is 11.3 Å². The van der Waals surface area contributed by atoms with Crippen LogP contribution in [-0.4, -0.2) is 35.3 Å². The zero-order valence-corrected chi connectivity index (χ0v) is 17.2. The number of methoxy groups -OCH3 is 1. The van der Waals surface area contributed by atoms with E-state index in [-0.39, 0.29) is 22.0 Å². The van der Waals surface area contributed by atoms with Crippen LogP contribution in [-0.2, 0) is 16.4 Å². The highest BCUT2D eigenvalue weighted by Gasteiger charge is 2.21. The maximum absolute atomic E-state index is 12.8. The summed E-state index contributed by atoms with van der Waals surface area (Å²) in [6.07, 6.45) is 3.10. The molecule has 0 spiro atoms. The highest BCUT2D eigenvalue weighted by molar-refractivity contribution is 7.91. The number of sulfone groups is 1. The molecule has 0 aliphatic carbocycles. The lowest BCUT2D eigenvalue weighted by Crippen LogP contribution is -2.23. The van der Waals surface area contributed by atoms with Crippen LogP contribution in [0.5, 0.6) is 5.88 Å². The topological polar surface area (TPSA) is 104 Å². The standard InChI is InChI=1S/C19H16N4O4S2/c1-12-22-18(11-28-12)29(25,26)15-4-5-16-14(7-15)9-21-23(19(16)24)10-13-3-6-17(27-2)20-8-13/h3-9,11H,10H2,1-2H3. The van der Waals surface area contributed by atoms with Crippen LogP contribution < -0.4 is 10.3 Å². The Morgan fingerprint density at radius 3 is 2.66 bits per heavy atom. The van der Waals surface area contributed by atoms with Crippen molar-refractivity contribution in [1.82, 2.24) is 19.7 Å². The molecule has 0 radical (unpaired) electrons. The number of benzene rings is 1. The Morgan fingerprint density at radius 2 is 2.00 bits per heavy atom. The van der Waals surface area contributed by atoms with Crippen LogP contribution >= 0.6 is 11.3 Å². The third-order valence-corrected chi connectivity index (χ3v) is 6.90. The fourth-order valence-electron chi connectivity index (χ4n) is 2.83. The van der Waals surface area contributed by atoms with E-state index in [0.717, 1.165) is 5.56 Å². The Bertz CT molecular complexity index is 1360. The first-order valence-corrected chi connectivity index (χ1v) is 10.9. The van der Waals surface area contributed by atoms with Gasteiger partial charge in [0.1, 0.15) is 0 Å². The highest BCUT2D eigenvalue weighted by atomic mass is 32.2. The molecule has 0 saturated carbocycles. The van der Waals surface area contributed by atoms with Crippen LogP contribution in [0.15, 0.2) is 62.8 Å². The van der Waals surface area contributed by atoms with Crippen molar-refractivity contribution in [2.45, 2.75) is 23.4 Å². The summed E-state index contributed by atoms with van der Waals surface area (Å²) in [5, 5.41) is 7.20. The van der Waals surface area contributed by atoms with Crippen molar-refractivity contribution >= 4 is 31.9 Å². The predicted octanol–water partition coefficient (Wildman–Crippen LogP) is 2.45. The second-order valence-corrected chi connectivity index (χ2v) is 9.23. The fraction of sp³-hybridized carbons (Fsp3) is 0.158. The lowest BCUT2D eigenvalue weighted by Gasteiger charge is -2.08. The number of ether oxygens (including phenoxy) is 1. The number of fused-ring (bicyclic) bond motifs is 1. The second kappa shape index (κ2) is 7.37. The number of nitrogens with zero attached hydrogens (tertiary/aromatic N) is 4. The van der Waals surface area contributed by atoms with E-state index in [0.29, 0.717) is 21.7 Å². The van der Waals surface area contributed by atoms with E-state index >= 15 is 0 Å². The zero-order chi connectivity index (χ0) is 20.6. The molecule has 3 aromatic heterocycles. The van der Waals surface area contributed by atoms with Crippen molar-refractivity contribution in [2.24, 2.45) is 0 Å². The summed E-state index contributed by atoms with van der Waals surface area (Å²) in [6, 6.07) is 7.89. The molecule has 0 atom stereocenters. The smallest absolute Gasteiger partial charge is 0.274 e. The Kier molecular flexibility index (Phi) is 4.89. The van der Waals surface area contributed by atoms with Crippen molar-refractivity contribution in [1.29, 1.82) is 0 Å². The number of hydrogen-bond acceptors (Lipinski definition) is 8. The SMILES string of the molecule is COc1ccc(Cn2ncc3cc(S(=O)(=O)c4csc(C)n4)ccc3c2=O)cn1. The maximum atomic E-state index is 12.8. The van der Waals surface area contributed by atoms with Crippen LogP contribution in [0.1, 0.15) is 10.6 Å². The van der Waals surface area contributed by atoms with Gasteiger partial charge in [-0.1, -0.05) is 6.07 Å². The summed E-state index contributed by atoms with van der Waals surface area (Å²) in [6.45, 7) is 1.98. The second-order valence-electron chi connectivity index (χ2n) is 6.27. The summed E-state index contributed by atoms with van der Waals surface area (Å²) in [5.41, 5.74) is 0.476. The molecule has 0 aliphatic rings. The molecule has 0 amide bonds. The number of hydrogen-bond donors (Lipinski definition) is 0. The van der Waals surface area contributed by atoms with Gasteiger partial charge < -0.3 is 4.74 Å². The van der Waals surface area contributed by atoms with Gasteiger partial charge in [0.25, 0.3) is 5.56 Å². The Labute approximate surface area is 170 Å². The predicted molar refractivity (Wildman–Crippen MR) is 108 cm³/mol. The van der Waals surface area contributed by atoms with Crippen LogP contribution in [0.2, 0.25) is 0 Å². The van der Waals surface area contributed by atoms with Gasteiger partial charge in [-0.05, 0) is 30.7 Å². The van der Waals surface area contributed by atoms with Gasteiger partial charge in [-0.3, -0.25) is 4.79 Å². The Hall–Kier alpha value is -3.11. The molecule has 0 saturated heterocycles. The number of thiazole rings is 1. The number of aromatic nitrogens is 4. The molecule has 1 aromatic carbocycles. The molecule has 4 rings (SSSR count). The van der Waals surface area contributed by atoms with E-state index < -0.39 is 9.84 Å². The summed E-state index contributed by atoms with van der Waals surface area (Å²) in [4.78, 5) is 21.0. The molecule has 0 aliphatic heterocycles. The molecule has 4 aromatic rings. The minimum absolute atomic E-state index is 0.00709. The molecule has 3 heterocycles. The van der Waals surface area contributed by atoms with Gasteiger partial charge in [-0.2, -0.15) is 5.10 Å². The largest absolute Gasteiger partial charge is 0.481 e. The molecular formula is C19H16N4O4S2. The molecule has 0 N–H and O–H groups in total. The first kappa shape index (κ1) is 19.2. The van der Waals surface area contributed by atoms with Gasteiger partial charge in [0.2, 0.25) is 15.7 Å². The van der Waals surface area contributed by atoms with Crippen molar-refractivity contribution in [3.63, 3.8) is 0 Å². The van der Waals surface area contributed by atoms with Gasteiger partial charge in [0.05, 0.1) is 35.1 Å². The lowest BCUT2D eigenvalue weighted by molar-refractivity contribution is 0.397. The maximum Gasteiger partial charge on any atom is 0.274 e. The third kappa shape index (κ3) is 3.64. The van der Waals surface area contributed by atoms with Gasteiger partial charge in [0, 0.05) is 23.0 Å². The Balaban J connectivity index is 1.70. The fourth-order valence-corrected chi connectivity index (χ4v) is 5.04. The number of rotatable bonds is 5. The zero-order valence-electron chi connectivity index (χ0n) is 15.6.